The van der Waals surface area contributed by atoms with E-state index in [0.717, 1.165) is 17.1 Å². The quantitative estimate of drug-likeness (QED) is 0.734. The lowest BCUT2D eigenvalue weighted by Crippen LogP contribution is -2.41. The molecule has 1 atom stereocenters. The number of methoxy groups -OCH3 is 1. The van der Waals surface area contributed by atoms with Gasteiger partial charge in [0.05, 0.1) is 19.7 Å². The highest BCUT2D eigenvalue weighted by atomic mass is 16.5. The summed E-state index contributed by atoms with van der Waals surface area (Å²) in [6, 6.07) is 7.58. The number of carbonyl (C=O) groups is 1. The zero-order chi connectivity index (χ0) is 17.4. The molecule has 3 heterocycles. The molecule has 1 aliphatic heterocycles. The zero-order valence-electron chi connectivity index (χ0n) is 14.0. The maximum Gasteiger partial charge on any atom is 0.277 e. The van der Waals surface area contributed by atoms with Crippen molar-refractivity contribution in [3.63, 3.8) is 0 Å². The topological polar surface area (TPSA) is 73.4 Å². The molecule has 0 saturated carbocycles. The Morgan fingerprint density at radius 2 is 2.16 bits per heavy atom. The third kappa shape index (κ3) is 2.57. The molecule has 7 heteroatoms. The van der Waals surface area contributed by atoms with Gasteiger partial charge in [-0.1, -0.05) is 18.2 Å². The van der Waals surface area contributed by atoms with E-state index in [2.05, 4.69) is 14.5 Å². The van der Waals surface area contributed by atoms with E-state index < -0.39 is 0 Å². The smallest absolute Gasteiger partial charge is 0.277 e. The first-order valence-corrected chi connectivity index (χ1v) is 8.03. The minimum Gasteiger partial charge on any atom is -0.496 e. The molecule has 1 aliphatic rings. The predicted octanol–water partition coefficient (Wildman–Crippen LogP) is 2.59. The molecule has 0 aliphatic carbocycles. The van der Waals surface area contributed by atoms with Crippen LogP contribution in [0.1, 0.15) is 33.7 Å². The summed E-state index contributed by atoms with van der Waals surface area (Å²) in [4.78, 5) is 23.4. The average Bonchev–Trinajstić information content (AvgIpc) is 3.28. The van der Waals surface area contributed by atoms with Crippen molar-refractivity contribution in [3.8, 4) is 5.75 Å². The molecule has 1 unspecified atom stereocenters. The number of benzene rings is 1. The number of imidazole rings is 1. The summed E-state index contributed by atoms with van der Waals surface area (Å²) in [5.41, 5.74) is 1.29. The van der Waals surface area contributed by atoms with Gasteiger partial charge in [0, 0.05) is 24.5 Å². The monoisotopic (exact) mass is 338 g/mol. The minimum absolute atomic E-state index is 0.170. The van der Waals surface area contributed by atoms with E-state index in [1.165, 1.54) is 6.39 Å². The zero-order valence-corrected chi connectivity index (χ0v) is 14.0. The number of oxazole rings is 1. The summed E-state index contributed by atoms with van der Waals surface area (Å²) in [6.45, 7) is 2.75. The maximum atomic E-state index is 13.1. The van der Waals surface area contributed by atoms with Gasteiger partial charge in [0.2, 0.25) is 0 Å². The number of hydrogen-bond acceptors (Lipinski definition) is 5. The van der Waals surface area contributed by atoms with Gasteiger partial charge in [-0.25, -0.2) is 9.97 Å². The summed E-state index contributed by atoms with van der Waals surface area (Å²) in [7, 11) is 1.64. The van der Waals surface area contributed by atoms with Gasteiger partial charge in [-0.15, -0.1) is 0 Å². The Morgan fingerprint density at radius 3 is 2.92 bits per heavy atom. The molecule has 0 bridgehead atoms. The van der Waals surface area contributed by atoms with Gasteiger partial charge in [0.25, 0.3) is 5.91 Å². The molecule has 4 rings (SSSR count). The van der Waals surface area contributed by atoms with Crippen LogP contribution in [-0.4, -0.2) is 32.5 Å². The van der Waals surface area contributed by atoms with Crippen LogP contribution in [0.25, 0.3) is 0 Å². The van der Waals surface area contributed by atoms with Crippen molar-refractivity contribution in [3.05, 3.63) is 65.9 Å². The van der Waals surface area contributed by atoms with Gasteiger partial charge in [-0.3, -0.25) is 4.79 Å². The number of para-hydroxylation sites is 1. The Balaban J connectivity index is 1.79. The molecule has 0 fully saturated rings. The van der Waals surface area contributed by atoms with Gasteiger partial charge in [0.15, 0.2) is 12.1 Å². The number of aryl methyl sites for hydroxylation is 1. The van der Waals surface area contributed by atoms with Gasteiger partial charge in [0.1, 0.15) is 17.3 Å². The molecule has 25 heavy (non-hydrogen) atoms. The summed E-state index contributed by atoms with van der Waals surface area (Å²) in [5, 5.41) is 0. The number of aromatic nitrogens is 3. The Hall–Kier alpha value is -3.09. The van der Waals surface area contributed by atoms with Crippen molar-refractivity contribution < 1.29 is 13.9 Å². The van der Waals surface area contributed by atoms with Crippen LogP contribution in [0.4, 0.5) is 0 Å². The van der Waals surface area contributed by atoms with Crippen molar-refractivity contribution in [2.45, 2.75) is 26.1 Å². The fourth-order valence-electron chi connectivity index (χ4n) is 3.27. The second-order valence-corrected chi connectivity index (χ2v) is 5.94. The Kier molecular flexibility index (Phi) is 3.76. The van der Waals surface area contributed by atoms with Crippen molar-refractivity contribution in [2.24, 2.45) is 0 Å². The molecule has 128 valence electrons. The first-order chi connectivity index (χ1) is 12.2. The third-order valence-electron chi connectivity index (χ3n) is 4.57. The van der Waals surface area contributed by atoms with E-state index in [0.29, 0.717) is 24.5 Å². The predicted molar refractivity (Wildman–Crippen MR) is 89.1 cm³/mol. The molecule has 0 saturated heterocycles. The maximum absolute atomic E-state index is 13.1. The van der Waals surface area contributed by atoms with Crippen LogP contribution in [0.3, 0.4) is 0 Å². The van der Waals surface area contributed by atoms with E-state index >= 15 is 0 Å². The second-order valence-electron chi connectivity index (χ2n) is 5.94. The number of rotatable bonds is 3. The van der Waals surface area contributed by atoms with Crippen LogP contribution >= 0.6 is 0 Å². The Bertz CT molecular complexity index is 914. The molecule has 1 amide bonds. The fourth-order valence-corrected chi connectivity index (χ4v) is 3.27. The summed E-state index contributed by atoms with van der Waals surface area (Å²) in [6.07, 6.45) is 4.98. The lowest BCUT2D eigenvalue weighted by Gasteiger charge is -2.36. The van der Waals surface area contributed by atoms with Crippen LogP contribution in [0, 0.1) is 6.92 Å². The normalized spacial score (nSPS) is 16.6. The Labute approximate surface area is 144 Å². The van der Waals surface area contributed by atoms with Crippen LogP contribution < -0.4 is 4.74 Å². The van der Waals surface area contributed by atoms with Gasteiger partial charge in [-0.05, 0) is 13.0 Å². The summed E-state index contributed by atoms with van der Waals surface area (Å²) < 4.78 is 12.8. The number of carbonyl (C=O) groups excluding carboxylic acids is 1. The number of nitrogens with zero attached hydrogens (tertiary/aromatic N) is 4. The summed E-state index contributed by atoms with van der Waals surface area (Å²) >= 11 is 0. The van der Waals surface area contributed by atoms with E-state index in [1.54, 1.807) is 25.1 Å². The molecule has 7 nitrogen and oxygen atoms in total. The first kappa shape index (κ1) is 15.4. The highest BCUT2D eigenvalue weighted by molar-refractivity contribution is 5.93. The molecule has 1 aromatic carbocycles. The standard InChI is InChI=1S/C18H18N4O3/c1-12-17(20-11-25-12)18(23)22-10-16-19-7-8-21(16)9-14(22)13-5-3-4-6-15(13)24-2/h3-8,11,14H,9-10H2,1-2H3. The molecule has 2 aromatic heterocycles. The van der Waals surface area contributed by atoms with Crippen LogP contribution in [0.2, 0.25) is 0 Å². The van der Waals surface area contributed by atoms with E-state index in [1.807, 2.05) is 30.5 Å². The van der Waals surface area contributed by atoms with Crippen molar-refractivity contribution in [1.82, 2.24) is 19.4 Å². The lowest BCUT2D eigenvalue weighted by atomic mass is 10.0. The van der Waals surface area contributed by atoms with E-state index in [4.69, 9.17) is 9.15 Å². The largest absolute Gasteiger partial charge is 0.496 e. The first-order valence-electron chi connectivity index (χ1n) is 8.03. The van der Waals surface area contributed by atoms with Crippen molar-refractivity contribution in [2.75, 3.05) is 7.11 Å². The molecular formula is C18H18N4O3. The van der Waals surface area contributed by atoms with E-state index in [9.17, 15) is 4.79 Å². The number of hydrogen-bond donors (Lipinski definition) is 0. The highest BCUT2D eigenvalue weighted by Gasteiger charge is 2.35. The molecule has 0 N–H and O–H groups in total. The van der Waals surface area contributed by atoms with Crippen LogP contribution in [0.15, 0.2) is 47.5 Å². The van der Waals surface area contributed by atoms with Crippen LogP contribution in [0.5, 0.6) is 5.75 Å². The molecule has 0 radical (unpaired) electrons. The molecule has 3 aromatic rings. The molecular weight excluding hydrogens is 320 g/mol. The third-order valence-corrected chi connectivity index (χ3v) is 4.57. The SMILES string of the molecule is COc1ccccc1C1Cn2ccnc2CN1C(=O)c1ncoc1C. The second kappa shape index (κ2) is 6.08. The van der Waals surface area contributed by atoms with Gasteiger partial charge < -0.3 is 18.6 Å². The van der Waals surface area contributed by atoms with Crippen LogP contribution in [-0.2, 0) is 13.1 Å². The summed E-state index contributed by atoms with van der Waals surface area (Å²) in [5.74, 6) is 1.94. The highest BCUT2D eigenvalue weighted by Crippen LogP contribution is 2.35. The minimum atomic E-state index is -0.179. The van der Waals surface area contributed by atoms with Crippen molar-refractivity contribution in [1.29, 1.82) is 0 Å². The van der Waals surface area contributed by atoms with E-state index in [-0.39, 0.29) is 11.9 Å². The Morgan fingerprint density at radius 1 is 1.32 bits per heavy atom. The lowest BCUT2D eigenvalue weighted by molar-refractivity contribution is 0.0574. The number of ether oxygens (including phenoxy) is 1. The van der Waals surface area contributed by atoms with Crippen molar-refractivity contribution >= 4 is 5.91 Å². The average molecular weight is 338 g/mol. The molecule has 0 spiro atoms. The number of amides is 1. The fraction of sp³-hybridized carbons (Fsp3) is 0.278. The van der Waals surface area contributed by atoms with Gasteiger partial charge in [-0.2, -0.15) is 0 Å². The van der Waals surface area contributed by atoms with Gasteiger partial charge >= 0.3 is 0 Å². The number of fused-ring (bicyclic) bond motifs is 1.